The monoisotopic (exact) mass is 479 g/mol. The number of sulfonamides is 1. The molecule has 0 aliphatic carbocycles. The van der Waals surface area contributed by atoms with Crippen LogP contribution in [0.5, 0.6) is 0 Å². The molecule has 2 rings (SSSR count). The molecular formula is C23H30ClN3O4S. The molecule has 0 spiro atoms. The Labute approximate surface area is 195 Å². The van der Waals surface area contributed by atoms with Gasteiger partial charge in [0.2, 0.25) is 21.8 Å². The van der Waals surface area contributed by atoms with Crippen molar-refractivity contribution in [2.24, 2.45) is 0 Å². The molecule has 0 heterocycles. The lowest BCUT2D eigenvalue weighted by Crippen LogP contribution is -2.51. The van der Waals surface area contributed by atoms with Crippen molar-refractivity contribution in [3.05, 3.63) is 65.2 Å². The summed E-state index contributed by atoms with van der Waals surface area (Å²) in [5.74, 6) is -0.804. The van der Waals surface area contributed by atoms with E-state index in [0.29, 0.717) is 22.8 Å². The average Bonchev–Trinajstić information content (AvgIpc) is 2.76. The summed E-state index contributed by atoms with van der Waals surface area (Å²) in [6, 6.07) is 14.6. The van der Waals surface area contributed by atoms with Crippen LogP contribution in [0.15, 0.2) is 54.6 Å². The smallest absolute Gasteiger partial charge is 0.244 e. The Balaban J connectivity index is 2.33. The topological polar surface area (TPSA) is 86.8 Å². The average molecular weight is 480 g/mol. The maximum absolute atomic E-state index is 13.4. The van der Waals surface area contributed by atoms with Gasteiger partial charge in [0, 0.05) is 18.1 Å². The fourth-order valence-electron chi connectivity index (χ4n) is 3.14. The minimum atomic E-state index is -3.73. The lowest BCUT2D eigenvalue weighted by molar-refractivity contribution is -0.139. The highest BCUT2D eigenvalue weighted by Gasteiger charge is 2.30. The van der Waals surface area contributed by atoms with E-state index in [1.165, 1.54) is 4.90 Å². The van der Waals surface area contributed by atoms with E-state index in [0.717, 1.165) is 23.4 Å². The molecule has 1 N–H and O–H groups in total. The summed E-state index contributed by atoms with van der Waals surface area (Å²) >= 11 is 6.29. The van der Waals surface area contributed by atoms with E-state index < -0.39 is 28.5 Å². The van der Waals surface area contributed by atoms with Crippen LogP contribution in [0.3, 0.4) is 0 Å². The fraction of sp³-hybridized carbons (Fsp3) is 0.391. The second-order valence-corrected chi connectivity index (χ2v) is 9.85. The van der Waals surface area contributed by atoms with Crippen molar-refractivity contribution in [2.75, 3.05) is 23.7 Å². The van der Waals surface area contributed by atoms with Gasteiger partial charge in [0.1, 0.15) is 12.6 Å². The molecule has 0 fully saturated rings. The SMILES string of the molecule is CCCCNC(=O)[C@@H](C)N(Cc1ccccc1Cl)C(=O)CN(c1ccccc1)S(C)(=O)=O. The van der Waals surface area contributed by atoms with E-state index in [-0.39, 0.29) is 12.5 Å². The van der Waals surface area contributed by atoms with Crippen LogP contribution in [0, 0.1) is 0 Å². The number of para-hydroxylation sites is 1. The summed E-state index contributed by atoms with van der Waals surface area (Å²) in [5.41, 5.74) is 1.04. The van der Waals surface area contributed by atoms with Gasteiger partial charge in [-0.15, -0.1) is 0 Å². The maximum Gasteiger partial charge on any atom is 0.244 e. The molecule has 2 aromatic rings. The van der Waals surface area contributed by atoms with E-state index in [1.54, 1.807) is 61.5 Å². The minimum absolute atomic E-state index is 0.0766. The Morgan fingerprint density at radius 2 is 1.69 bits per heavy atom. The zero-order valence-electron chi connectivity index (χ0n) is 18.6. The quantitative estimate of drug-likeness (QED) is 0.500. The molecule has 0 bridgehead atoms. The van der Waals surface area contributed by atoms with Gasteiger partial charge in [-0.05, 0) is 37.1 Å². The highest BCUT2D eigenvalue weighted by molar-refractivity contribution is 7.92. The molecule has 0 radical (unpaired) electrons. The van der Waals surface area contributed by atoms with Gasteiger partial charge in [-0.1, -0.05) is 61.3 Å². The molecule has 9 heteroatoms. The summed E-state index contributed by atoms with van der Waals surface area (Å²) in [7, 11) is -3.73. The van der Waals surface area contributed by atoms with E-state index in [1.807, 2.05) is 6.92 Å². The minimum Gasteiger partial charge on any atom is -0.354 e. The number of rotatable bonds is 11. The van der Waals surface area contributed by atoms with Crippen LogP contribution >= 0.6 is 11.6 Å². The highest BCUT2D eigenvalue weighted by Crippen LogP contribution is 2.21. The van der Waals surface area contributed by atoms with Gasteiger partial charge < -0.3 is 10.2 Å². The second-order valence-electron chi connectivity index (χ2n) is 7.54. The Kier molecular flexibility index (Phi) is 9.53. The standard InChI is InChI=1S/C23H30ClN3O4S/c1-4-5-15-25-23(29)18(2)26(16-19-11-9-10-14-21(19)24)22(28)17-27(32(3,30)31)20-12-7-6-8-13-20/h6-14,18H,4-5,15-17H2,1-3H3,(H,25,29)/t18-/m1/s1. The van der Waals surface area contributed by atoms with Crippen molar-refractivity contribution in [1.29, 1.82) is 0 Å². The van der Waals surface area contributed by atoms with Crippen LogP contribution in [-0.2, 0) is 26.2 Å². The first-order valence-electron chi connectivity index (χ1n) is 10.5. The van der Waals surface area contributed by atoms with Gasteiger partial charge in [0.15, 0.2) is 0 Å². The van der Waals surface area contributed by atoms with Crippen LogP contribution < -0.4 is 9.62 Å². The molecule has 0 saturated heterocycles. The zero-order chi connectivity index (χ0) is 23.7. The van der Waals surface area contributed by atoms with Gasteiger partial charge in [0.05, 0.1) is 11.9 Å². The van der Waals surface area contributed by atoms with Crippen LogP contribution in [0.1, 0.15) is 32.3 Å². The third kappa shape index (κ3) is 7.24. The fourth-order valence-corrected chi connectivity index (χ4v) is 4.18. The van der Waals surface area contributed by atoms with Gasteiger partial charge in [-0.2, -0.15) is 0 Å². The van der Waals surface area contributed by atoms with Gasteiger partial charge in [0.25, 0.3) is 0 Å². The molecule has 2 amide bonds. The molecule has 7 nitrogen and oxygen atoms in total. The molecule has 32 heavy (non-hydrogen) atoms. The van der Waals surface area contributed by atoms with Crippen molar-refractivity contribution in [3.8, 4) is 0 Å². The Bertz CT molecular complexity index is 1010. The number of nitrogens with zero attached hydrogens (tertiary/aromatic N) is 2. The third-order valence-electron chi connectivity index (χ3n) is 5.02. The van der Waals surface area contributed by atoms with E-state index in [4.69, 9.17) is 11.6 Å². The van der Waals surface area contributed by atoms with E-state index in [9.17, 15) is 18.0 Å². The Morgan fingerprint density at radius 1 is 1.06 bits per heavy atom. The van der Waals surface area contributed by atoms with Crippen LogP contribution in [0.2, 0.25) is 5.02 Å². The normalized spacial score (nSPS) is 12.1. The lowest BCUT2D eigenvalue weighted by Gasteiger charge is -2.31. The number of unbranched alkanes of at least 4 members (excludes halogenated alkanes) is 1. The molecule has 0 aliphatic rings. The summed E-state index contributed by atoms with van der Waals surface area (Å²) < 4.78 is 25.9. The summed E-state index contributed by atoms with van der Waals surface area (Å²) in [4.78, 5) is 27.4. The molecule has 0 aromatic heterocycles. The van der Waals surface area contributed by atoms with Crippen molar-refractivity contribution in [1.82, 2.24) is 10.2 Å². The Morgan fingerprint density at radius 3 is 2.28 bits per heavy atom. The third-order valence-corrected chi connectivity index (χ3v) is 6.53. The molecule has 2 aromatic carbocycles. The molecular weight excluding hydrogens is 450 g/mol. The van der Waals surface area contributed by atoms with E-state index >= 15 is 0 Å². The number of halogens is 1. The number of hydrogen-bond donors (Lipinski definition) is 1. The van der Waals surface area contributed by atoms with Gasteiger partial charge >= 0.3 is 0 Å². The Hall–Kier alpha value is -2.58. The number of anilines is 1. The molecule has 1 atom stereocenters. The number of nitrogens with one attached hydrogen (secondary N) is 1. The largest absolute Gasteiger partial charge is 0.354 e. The van der Waals surface area contributed by atoms with E-state index in [2.05, 4.69) is 5.32 Å². The molecule has 0 aliphatic heterocycles. The lowest BCUT2D eigenvalue weighted by atomic mass is 10.1. The highest BCUT2D eigenvalue weighted by atomic mass is 35.5. The maximum atomic E-state index is 13.4. The number of carbonyl (C=O) groups excluding carboxylic acids is 2. The van der Waals surface area contributed by atoms with Crippen molar-refractivity contribution >= 4 is 39.1 Å². The summed E-state index contributed by atoms with van der Waals surface area (Å²) in [5, 5.41) is 3.30. The first-order chi connectivity index (χ1) is 15.1. The second kappa shape index (κ2) is 11.9. The van der Waals surface area contributed by atoms with Crippen LogP contribution in [-0.4, -0.2) is 50.5 Å². The van der Waals surface area contributed by atoms with Crippen LogP contribution in [0.4, 0.5) is 5.69 Å². The first kappa shape index (κ1) is 25.7. The molecule has 0 saturated carbocycles. The number of benzene rings is 2. The zero-order valence-corrected chi connectivity index (χ0v) is 20.2. The summed E-state index contributed by atoms with van der Waals surface area (Å²) in [6.07, 6.45) is 2.80. The predicted octanol–water partition coefficient (Wildman–Crippen LogP) is 3.44. The van der Waals surface area contributed by atoms with Crippen molar-refractivity contribution in [2.45, 2.75) is 39.3 Å². The van der Waals surface area contributed by atoms with Crippen LogP contribution in [0.25, 0.3) is 0 Å². The first-order valence-corrected chi connectivity index (χ1v) is 12.7. The predicted molar refractivity (Wildman–Crippen MR) is 128 cm³/mol. The molecule has 0 unspecified atom stereocenters. The number of hydrogen-bond acceptors (Lipinski definition) is 4. The number of amides is 2. The van der Waals surface area contributed by atoms with Gasteiger partial charge in [-0.25, -0.2) is 8.42 Å². The molecule has 174 valence electrons. The van der Waals surface area contributed by atoms with Crippen molar-refractivity contribution in [3.63, 3.8) is 0 Å². The van der Waals surface area contributed by atoms with Gasteiger partial charge in [-0.3, -0.25) is 13.9 Å². The van der Waals surface area contributed by atoms with Crippen molar-refractivity contribution < 1.29 is 18.0 Å². The number of carbonyl (C=O) groups is 2. The summed E-state index contributed by atoms with van der Waals surface area (Å²) in [6.45, 7) is 3.80.